The number of methoxy groups -OCH3 is 1. The predicted octanol–water partition coefficient (Wildman–Crippen LogP) is 6.80. The Kier molecular flexibility index (Phi) is 5.89. The molecular weight excluding hydrogens is 450 g/mol. The summed E-state index contributed by atoms with van der Waals surface area (Å²) in [7, 11) is 1.56. The van der Waals surface area contributed by atoms with Crippen LogP contribution in [0.1, 0.15) is 5.76 Å². The van der Waals surface area contributed by atoms with Crippen molar-refractivity contribution >= 4 is 40.3 Å². The Morgan fingerprint density at radius 2 is 1.82 bits per heavy atom. The van der Waals surface area contributed by atoms with Crippen molar-refractivity contribution in [1.29, 1.82) is 0 Å². The lowest BCUT2D eigenvalue weighted by atomic mass is 10.1. The standard InChI is InChI=1S/C27H20ClN3O3/c1-33-25-13-8-18(27-30-21-4-2-3-5-22(21)31-27)16-23(25)29-26(32)15-12-20-11-14-24(34-20)17-6-9-19(28)10-7-17/h2-16H,1H3,(H,29,32)(H,30,31)/b15-12+. The minimum atomic E-state index is -0.315. The molecule has 2 heterocycles. The molecule has 0 saturated heterocycles. The number of H-pyrrole nitrogens is 1. The van der Waals surface area contributed by atoms with E-state index in [0.717, 1.165) is 22.2 Å². The number of nitrogens with zero attached hydrogens (tertiary/aromatic N) is 1. The first-order valence-electron chi connectivity index (χ1n) is 10.6. The number of amides is 1. The van der Waals surface area contributed by atoms with Crippen LogP contribution in [0.3, 0.4) is 0 Å². The van der Waals surface area contributed by atoms with E-state index in [4.69, 9.17) is 20.8 Å². The van der Waals surface area contributed by atoms with Gasteiger partial charge in [0.2, 0.25) is 5.91 Å². The van der Waals surface area contributed by atoms with E-state index in [1.807, 2.05) is 54.6 Å². The zero-order chi connectivity index (χ0) is 23.5. The molecule has 0 aliphatic carbocycles. The lowest BCUT2D eigenvalue weighted by Crippen LogP contribution is -2.09. The number of carbonyl (C=O) groups excluding carboxylic acids is 1. The van der Waals surface area contributed by atoms with Gasteiger partial charge in [0.1, 0.15) is 23.1 Å². The number of fused-ring (bicyclic) bond motifs is 1. The number of hydrogen-bond acceptors (Lipinski definition) is 4. The van der Waals surface area contributed by atoms with E-state index in [1.54, 1.807) is 37.5 Å². The summed E-state index contributed by atoms with van der Waals surface area (Å²) in [5.41, 5.74) is 4.09. The fraction of sp³-hybridized carbons (Fsp3) is 0.0370. The maximum Gasteiger partial charge on any atom is 0.248 e. The summed E-state index contributed by atoms with van der Waals surface area (Å²) in [5.74, 6) is 2.19. The molecule has 0 atom stereocenters. The van der Waals surface area contributed by atoms with Crippen LogP contribution in [0.2, 0.25) is 5.02 Å². The predicted molar refractivity (Wildman–Crippen MR) is 135 cm³/mol. The van der Waals surface area contributed by atoms with Gasteiger partial charge < -0.3 is 19.5 Å². The molecule has 0 spiro atoms. The molecule has 2 aromatic heterocycles. The van der Waals surface area contributed by atoms with Crippen molar-refractivity contribution in [3.63, 3.8) is 0 Å². The molecule has 0 bridgehead atoms. The summed E-state index contributed by atoms with van der Waals surface area (Å²) in [6.45, 7) is 0. The number of furan rings is 1. The van der Waals surface area contributed by atoms with Crippen LogP contribution in [0.15, 0.2) is 89.4 Å². The largest absolute Gasteiger partial charge is 0.495 e. The molecule has 0 aliphatic heterocycles. The van der Waals surface area contributed by atoms with Crippen molar-refractivity contribution in [2.75, 3.05) is 12.4 Å². The molecule has 1 amide bonds. The summed E-state index contributed by atoms with van der Waals surface area (Å²) in [5, 5.41) is 3.53. The zero-order valence-corrected chi connectivity index (χ0v) is 19.0. The topological polar surface area (TPSA) is 80.1 Å². The highest BCUT2D eigenvalue weighted by Crippen LogP contribution is 2.31. The zero-order valence-electron chi connectivity index (χ0n) is 18.2. The van der Waals surface area contributed by atoms with Crippen molar-refractivity contribution in [3.05, 3.63) is 95.7 Å². The first-order valence-corrected chi connectivity index (χ1v) is 10.9. The van der Waals surface area contributed by atoms with Gasteiger partial charge in [-0.25, -0.2) is 4.98 Å². The van der Waals surface area contributed by atoms with Gasteiger partial charge >= 0.3 is 0 Å². The van der Waals surface area contributed by atoms with Crippen LogP contribution in [-0.2, 0) is 4.79 Å². The number of hydrogen-bond donors (Lipinski definition) is 2. The number of nitrogens with one attached hydrogen (secondary N) is 2. The summed E-state index contributed by atoms with van der Waals surface area (Å²) in [4.78, 5) is 20.5. The first kappa shape index (κ1) is 21.6. The summed E-state index contributed by atoms with van der Waals surface area (Å²) in [6.07, 6.45) is 3.03. The number of halogens is 1. The molecule has 34 heavy (non-hydrogen) atoms. The molecule has 0 unspecified atom stereocenters. The molecule has 7 heteroatoms. The molecule has 5 aromatic rings. The van der Waals surface area contributed by atoms with Gasteiger partial charge in [0.05, 0.1) is 23.8 Å². The molecule has 6 nitrogen and oxygen atoms in total. The number of carbonyl (C=O) groups is 1. The van der Waals surface area contributed by atoms with Crippen molar-refractivity contribution in [2.24, 2.45) is 0 Å². The van der Waals surface area contributed by atoms with E-state index in [1.165, 1.54) is 6.08 Å². The third-order valence-corrected chi connectivity index (χ3v) is 5.53. The SMILES string of the molecule is COc1ccc(-c2nc3ccccc3[nH]2)cc1NC(=O)/C=C/c1ccc(-c2ccc(Cl)cc2)o1. The van der Waals surface area contributed by atoms with Gasteiger partial charge in [0, 0.05) is 22.2 Å². The van der Waals surface area contributed by atoms with Crippen molar-refractivity contribution in [1.82, 2.24) is 9.97 Å². The quantitative estimate of drug-likeness (QED) is 0.268. The molecule has 168 valence electrons. The molecule has 0 radical (unpaired) electrons. The van der Waals surface area contributed by atoms with Crippen molar-refractivity contribution in [2.45, 2.75) is 0 Å². The van der Waals surface area contributed by atoms with Crippen molar-refractivity contribution in [3.8, 4) is 28.5 Å². The lowest BCUT2D eigenvalue weighted by molar-refractivity contribution is -0.111. The Morgan fingerprint density at radius 3 is 2.62 bits per heavy atom. The highest BCUT2D eigenvalue weighted by Gasteiger charge is 2.11. The van der Waals surface area contributed by atoms with Gasteiger partial charge in [-0.3, -0.25) is 4.79 Å². The van der Waals surface area contributed by atoms with Crippen molar-refractivity contribution < 1.29 is 13.9 Å². The number of anilines is 1. The number of aromatic amines is 1. The van der Waals surface area contributed by atoms with Gasteiger partial charge in [-0.1, -0.05) is 23.7 Å². The Labute approximate surface area is 200 Å². The van der Waals surface area contributed by atoms with Gasteiger partial charge in [0.25, 0.3) is 0 Å². The normalized spacial score (nSPS) is 11.2. The molecule has 2 N–H and O–H groups in total. The number of imidazole rings is 1. The van der Waals surface area contributed by atoms with Crippen LogP contribution >= 0.6 is 11.6 Å². The smallest absolute Gasteiger partial charge is 0.248 e. The van der Waals surface area contributed by atoms with E-state index < -0.39 is 0 Å². The highest BCUT2D eigenvalue weighted by molar-refractivity contribution is 6.30. The van der Waals surface area contributed by atoms with E-state index in [0.29, 0.717) is 33.8 Å². The maximum absolute atomic E-state index is 12.6. The lowest BCUT2D eigenvalue weighted by Gasteiger charge is -2.10. The number of rotatable bonds is 6. The van der Waals surface area contributed by atoms with E-state index in [-0.39, 0.29) is 5.91 Å². The van der Waals surface area contributed by atoms with Crippen LogP contribution in [0.5, 0.6) is 5.75 Å². The van der Waals surface area contributed by atoms with Gasteiger partial charge in [-0.2, -0.15) is 0 Å². The second-order valence-electron chi connectivity index (χ2n) is 7.55. The third kappa shape index (κ3) is 4.58. The molecule has 0 fully saturated rings. The van der Waals surface area contributed by atoms with Crippen LogP contribution < -0.4 is 10.1 Å². The highest BCUT2D eigenvalue weighted by atomic mass is 35.5. The average Bonchev–Trinajstić information content (AvgIpc) is 3.50. The average molecular weight is 470 g/mol. The van der Waals surface area contributed by atoms with Gasteiger partial charge in [0.15, 0.2) is 0 Å². The fourth-order valence-electron chi connectivity index (χ4n) is 3.59. The number of aromatic nitrogens is 2. The summed E-state index contributed by atoms with van der Waals surface area (Å²) < 4.78 is 11.2. The van der Waals surface area contributed by atoms with Gasteiger partial charge in [-0.15, -0.1) is 0 Å². The van der Waals surface area contributed by atoms with Crippen LogP contribution in [-0.4, -0.2) is 23.0 Å². The van der Waals surface area contributed by atoms with E-state index in [9.17, 15) is 4.79 Å². The minimum absolute atomic E-state index is 0.315. The number of benzene rings is 3. The molecule has 0 saturated carbocycles. The third-order valence-electron chi connectivity index (χ3n) is 5.27. The number of para-hydroxylation sites is 2. The first-order chi connectivity index (χ1) is 16.6. The van der Waals surface area contributed by atoms with Crippen LogP contribution in [0, 0.1) is 0 Å². The Balaban J connectivity index is 1.33. The van der Waals surface area contributed by atoms with Gasteiger partial charge in [-0.05, 0) is 72.8 Å². The van der Waals surface area contributed by atoms with E-state index in [2.05, 4.69) is 15.3 Å². The minimum Gasteiger partial charge on any atom is -0.495 e. The second-order valence-corrected chi connectivity index (χ2v) is 7.99. The Morgan fingerprint density at radius 1 is 1.03 bits per heavy atom. The molecule has 5 rings (SSSR count). The second kappa shape index (κ2) is 9.29. The Hall–Kier alpha value is -4.29. The molecule has 3 aromatic carbocycles. The summed E-state index contributed by atoms with van der Waals surface area (Å²) >= 11 is 5.94. The Bertz CT molecular complexity index is 1470. The number of ether oxygens (including phenoxy) is 1. The maximum atomic E-state index is 12.6. The van der Waals surface area contributed by atoms with Crippen LogP contribution in [0.25, 0.3) is 39.8 Å². The molecule has 0 aliphatic rings. The van der Waals surface area contributed by atoms with E-state index >= 15 is 0 Å². The van der Waals surface area contributed by atoms with Crippen LogP contribution in [0.4, 0.5) is 5.69 Å². The summed E-state index contributed by atoms with van der Waals surface area (Å²) in [6, 6.07) is 24.3. The molecular formula is C27H20ClN3O3. The fourth-order valence-corrected chi connectivity index (χ4v) is 3.71. The monoisotopic (exact) mass is 469 g/mol.